The van der Waals surface area contributed by atoms with Gasteiger partial charge in [-0.3, -0.25) is 4.79 Å². The Hall–Kier alpha value is -2.92. The molecule has 5 heteroatoms. The number of hydrogen-bond acceptors (Lipinski definition) is 3. The van der Waals surface area contributed by atoms with Crippen LogP contribution in [0.3, 0.4) is 0 Å². The average Bonchev–Trinajstić information content (AvgIpc) is 3.18. The first-order chi connectivity index (χ1) is 12.7. The summed E-state index contributed by atoms with van der Waals surface area (Å²) in [5.41, 5.74) is 1.47. The van der Waals surface area contributed by atoms with Crippen LogP contribution in [0.1, 0.15) is 16.0 Å². The molecule has 3 nitrogen and oxygen atoms in total. The van der Waals surface area contributed by atoms with Crippen molar-refractivity contribution >= 4 is 23.3 Å². The van der Waals surface area contributed by atoms with Crippen molar-refractivity contribution in [2.45, 2.75) is 13.2 Å². The standard InChI is InChI=1S/C21H18FNO2S/c22-20-6-2-1-4-17(20)15-25-18-9-7-16(8-10-18)14-23-21(24)12-11-19-5-3-13-26-19/h1-13H,14-15H2,(H,23,24)/b12-11+. The molecule has 1 amide bonds. The molecule has 0 fully saturated rings. The van der Waals surface area contributed by atoms with Crippen LogP contribution in [-0.4, -0.2) is 5.91 Å². The molecule has 0 saturated heterocycles. The predicted molar refractivity (Wildman–Crippen MR) is 102 cm³/mol. The van der Waals surface area contributed by atoms with Crippen LogP contribution in [0.15, 0.2) is 72.1 Å². The number of benzene rings is 2. The van der Waals surface area contributed by atoms with Gasteiger partial charge >= 0.3 is 0 Å². The van der Waals surface area contributed by atoms with Crippen molar-refractivity contribution in [1.82, 2.24) is 5.32 Å². The van der Waals surface area contributed by atoms with Crippen LogP contribution < -0.4 is 10.1 Å². The van der Waals surface area contributed by atoms with E-state index in [-0.39, 0.29) is 18.3 Å². The van der Waals surface area contributed by atoms with Gasteiger partial charge in [-0.15, -0.1) is 11.3 Å². The van der Waals surface area contributed by atoms with E-state index < -0.39 is 0 Å². The number of hydrogen-bond donors (Lipinski definition) is 1. The normalized spacial score (nSPS) is 10.8. The van der Waals surface area contributed by atoms with E-state index in [9.17, 15) is 9.18 Å². The summed E-state index contributed by atoms with van der Waals surface area (Å²) in [5.74, 6) is 0.238. The van der Waals surface area contributed by atoms with Gasteiger partial charge in [-0.1, -0.05) is 36.4 Å². The van der Waals surface area contributed by atoms with Crippen molar-refractivity contribution in [1.29, 1.82) is 0 Å². The molecule has 0 saturated carbocycles. The maximum atomic E-state index is 13.6. The van der Waals surface area contributed by atoms with E-state index in [1.165, 1.54) is 12.1 Å². The van der Waals surface area contributed by atoms with Crippen molar-refractivity contribution in [3.8, 4) is 5.75 Å². The third-order valence-electron chi connectivity index (χ3n) is 3.68. The molecule has 0 aliphatic rings. The highest BCUT2D eigenvalue weighted by Gasteiger charge is 2.02. The molecule has 0 aliphatic carbocycles. The summed E-state index contributed by atoms with van der Waals surface area (Å²) < 4.78 is 19.2. The van der Waals surface area contributed by atoms with Crippen molar-refractivity contribution < 1.29 is 13.9 Å². The van der Waals surface area contributed by atoms with Crippen LogP contribution in [-0.2, 0) is 17.9 Å². The summed E-state index contributed by atoms with van der Waals surface area (Å²) in [6, 6.07) is 17.8. The second-order valence-electron chi connectivity index (χ2n) is 5.59. The van der Waals surface area contributed by atoms with Gasteiger partial charge in [0.05, 0.1) is 0 Å². The second-order valence-corrected chi connectivity index (χ2v) is 6.57. The first-order valence-corrected chi connectivity index (χ1v) is 9.03. The fraction of sp³-hybridized carbons (Fsp3) is 0.0952. The number of rotatable bonds is 7. The Morgan fingerprint density at radius 1 is 1.08 bits per heavy atom. The number of halogens is 1. The Balaban J connectivity index is 1.47. The van der Waals surface area contributed by atoms with E-state index in [2.05, 4.69) is 5.32 Å². The number of carbonyl (C=O) groups excluding carboxylic acids is 1. The quantitative estimate of drug-likeness (QED) is 0.610. The molecule has 0 aliphatic heterocycles. The smallest absolute Gasteiger partial charge is 0.244 e. The van der Waals surface area contributed by atoms with Crippen LogP contribution >= 0.6 is 11.3 Å². The molecule has 0 unspecified atom stereocenters. The SMILES string of the molecule is O=C(/C=C/c1cccs1)NCc1ccc(OCc2ccccc2F)cc1. The Labute approximate surface area is 155 Å². The number of carbonyl (C=O) groups is 1. The molecule has 3 aromatic rings. The molecule has 0 radical (unpaired) electrons. The van der Waals surface area contributed by atoms with Gasteiger partial charge in [0.15, 0.2) is 0 Å². The topological polar surface area (TPSA) is 38.3 Å². The van der Waals surface area contributed by atoms with E-state index >= 15 is 0 Å². The van der Waals surface area contributed by atoms with Crippen LogP contribution in [0.5, 0.6) is 5.75 Å². The molecule has 1 heterocycles. The molecule has 26 heavy (non-hydrogen) atoms. The fourth-order valence-electron chi connectivity index (χ4n) is 2.27. The predicted octanol–water partition coefficient (Wildman–Crippen LogP) is 4.80. The van der Waals surface area contributed by atoms with Crippen LogP contribution in [0.25, 0.3) is 6.08 Å². The van der Waals surface area contributed by atoms with Gasteiger partial charge in [0.25, 0.3) is 0 Å². The minimum absolute atomic E-state index is 0.140. The largest absolute Gasteiger partial charge is 0.489 e. The number of ether oxygens (including phenoxy) is 1. The molecular weight excluding hydrogens is 349 g/mol. The van der Waals surface area contributed by atoms with Crippen molar-refractivity contribution in [2.75, 3.05) is 0 Å². The summed E-state index contributed by atoms with van der Waals surface area (Å²) >= 11 is 1.58. The Kier molecular flexibility index (Phi) is 6.17. The first kappa shape index (κ1) is 17.9. The molecule has 3 rings (SSSR count). The number of thiophene rings is 1. The zero-order valence-electron chi connectivity index (χ0n) is 14.0. The summed E-state index contributed by atoms with van der Waals surface area (Å²) in [7, 11) is 0. The van der Waals surface area contributed by atoms with Gasteiger partial charge < -0.3 is 10.1 Å². The molecule has 0 atom stereocenters. The first-order valence-electron chi connectivity index (χ1n) is 8.15. The monoisotopic (exact) mass is 367 g/mol. The van der Waals surface area contributed by atoms with Crippen LogP contribution in [0.2, 0.25) is 0 Å². The second kappa shape index (κ2) is 8.97. The van der Waals surface area contributed by atoms with Crippen molar-refractivity contribution in [3.05, 3.63) is 93.9 Å². The molecule has 1 aromatic heterocycles. The number of amides is 1. The third kappa shape index (κ3) is 5.29. The molecule has 1 N–H and O–H groups in total. The molecule has 0 bridgehead atoms. The van der Waals surface area contributed by atoms with Crippen LogP contribution in [0.4, 0.5) is 4.39 Å². The van der Waals surface area contributed by atoms with E-state index in [0.29, 0.717) is 17.9 Å². The third-order valence-corrected chi connectivity index (χ3v) is 4.52. The Morgan fingerprint density at radius 2 is 1.88 bits per heavy atom. The summed E-state index contributed by atoms with van der Waals surface area (Å²) in [6.45, 7) is 0.609. The van der Waals surface area contributed by atoms with Gasteiger partial charge in [-0.2, -0.15) is 0 Å². The zero-order valence-corrected chi connectivity index (χ0v) is 14.8. The summed E-state index contributed by atoms with van der Waals surface area (Å²) in [4.78, 5) is 12.9. The lowest BCUT2D eigenvalue weighted by Gasteiger charge is -2.08. The Bertz CT molecular complexity index is 873. The maximum absolute atomic E-state index is 13.6. The maximum Gasteiger partial charge on any atom is 0.244 e. The lowest BCUT2D eigenvalue weighted by Crippen LogP contribution is -2.20. The van der Waals surface area contributed by atoms with Gasteiger partial charge in [0.2, 0.25) is 5.91 Å². The molecule has 132 valence electrons. The van der Waals surface area contributed by atoms with Crippen molar-refractivity contribution in [2.24, 2.45) is 0 Å². The Morgan fingerprint density at radius 3 is 2.62 bits per heavy atom. The average molecular weight is 367 g/mol. The van der Waals surface area contributed by atoms with E-state index in [4.69, 9.17) is 4.74 Å². The van der Waals surface area contributed by atoms with E-state index in [1.807, 2.05) is 41.8 Å². The highest BCUT2D eigenvalue weighted by Crippen LogP contribution is 2.15. The minimum Gasteiger partial charge on any atom is -0.489 e. The van der Waals surface area contributed by atoms with Crippen molar-refractivity contribution in [3.63, 3.8) is 0 Å². The highest BCUT2D eigenvalue weighted by molar-refractivity contribution is 7.10. The fourth-order valence-corrected chi connectivity index (χ4v) is 2.89. The van der Waals surface area contributed by atoms with Gasteiger partial charge in [-0.25, -0.2) is 4.39 Å². The van der Waals surface area contributed by atoms with Gasteiger partial charge in [0.1, 0.15) is 18.2 Å². The molecule has 2 aromatic carbocycles. The zero-order chi connectivity index (χ0) is 18.2. The van der Waals surface area contributed by atoms with Gasteiger partial charge in [0, 0.05) is 23.1 Å². The van der Waals surface area contributed by atoms with E-state index in [1.54, 1.807) is 35.6 Å². The highest BCUT2D eigenvalue weighted by atomic mass is 32.1. The summed E-state index contributed by atoms with van der Waals surface area (Å²) in [5, 5.41) is 4.80. The molecule has 0 spiro atoms. The van der Waals surface area contributed by atoms with Crippen LogP contribution in [0, 0.1) is 5.82 Å². The van der Waals surface area contributed by atoms with Gasteiger partial charge in [-0.05, 0) is 41.3 Å². The number of nitrogens with one attached hydrogen (secondary N) is 1. The lowest BCUT2D eigenvalue weighted by atomic mass is 10.2. The van der Waals surface area contributed by atoms with E-state index in [0.717, 1.165) is 10.4 Å². The minimum atomic E-state index is -0.276. The lowest BCUT2D eigenvalue weighted by molar-refractivity contribution is -0.116. The summed E-state index contributed by atoms with van der Waals surface area (Å²) in [6.07, 6.45) is 3.32. The molecular formula is C21H18FNO2S.